The number of anilines is 1. The minimum absolute atomic E-state index is 0.236. The molecule has 1 rings (SSSR count). The van der Waals surface area contributed by atoms with E-state index in [0.717, 1.165) is 18.7 Å². The number of nitrogens with two attached hydrogens (primary N) is 1. The summed E-state index contributed by atoms with van der Waals surface area (Å²) in [6, 6.07) is 8.35. The van der Waals surface area contributed by atoms with Gasteiger partial charge in [-0.3, -0.25) is 4.79 Å². The quantitative estimate of drug-likeness (QED) is 0.251. The third-order valence-electron chi connectivity index (χ3n) is 5.47. The molecule has 0 fully saturated rings. The maximum absolute atomic E-state index is 10.8. The number of carbonyl (C=O) groups is 1. The number of amides is 1. The fourth-order valence-electron chi connectivity index (χ4n) is 3.61. The molecule has 1 aromatic rings. The molecule has 160 valence electrons. The first-order valence-electron chi connectivity index (χ1n) is 11.8. The van der Waals surface area contributed by atoms with Gasteiger partial charge in [0.05, 0.1) is 0 Å². The highest BCUT2D eigenvalue weighted by Gasteiger charge is 1.98. The SMILES string of the molecule is CCCCCCCCCCCCCCCCNc1ccc(CCC(N)=O)cc1. The van der Waals surface area contributed by atoms with Crippen LogP contribution in [0.15, 0.2) is 24.3 Å². The van der Waals surface area contributed by atoms with Gasteiger partial charge in [0.25, 0.3) is 0 Å². The molecule has 0 spiro atoms. The van der Waals surface area contributed by atoms with Gasteiger partial charge in [0.2, 0.25) is 5.91 Å². The summed E-state index contributed by atoms with van der Waals surface area (Å²) in [6.07, 6.45) is 20.7. The van der Waals surface area contributed by atoms with Crippen LogP contribution in [0.2, 0.25) is 0 Å². The van der Waals surface area contributed by atoms with Crippen LogP contribution in [0.4, 0.5) is 5.69 Å². The zero-order valence-corrected chi connectivity index (χ0v) is 18.3. The first kappa shape index (κ1) is 24.5. The Hall–Kier alpha value is -1.51. The molecule has 0 aliphatic rings. The first-order chi connectivity index (χ1) is 13.7. The summed E-state index contributed by atoms with van der Waals surface area (Å²) in [4.78, 5) is 10.8. The van der Waals surface area contributed by atoms with Gasteiger partial charge in [-0.1, -0.05) is 103 Å². The summed E-state index contributed by atoms with van der Waals surface area (Å²) in [5.74, 6) is -0.236. The summed E-state index contributed by atoms with van der Waals surface area (Å²) < 4.78 is 0. The number of hydrogen-bond donors (Lipinski definition) is 2. The number of primary amides is 1. The summed E-state index contributed by atoms with van der Waals surface area (Å²) in [5.41, 5.74) is 7.52. The van der Waals surface area contributed by atoms with E-state index in [4.69, 9.17) is 5.73 Å². The van der Waals surface area contributed by atoms with Crippen LogP contribution < -0.4 is 11.1 Å². The summed E-state index contributed by atoms with van der Waals surface area (Å²) >= 11 is 0. The zero-order valence-electron chi connectivity index (χ0n) is 18.3. The molecule has 3 N–H and O–H groups in total. The van der Waals surface area contributed by atoms with Crippen LogP contribution in [-0.2, 0) is 11.2 Å². The van der Waals surface area contributed by atoms with Gasteiger partial charge in [0.15, 0.2) is 0 Å². The van der Waals surface area contributed by atoms with Crippen LogP contribution in [0.5, 0.6) is 0 Å². The van der Waals surface area contributed by atoms with Crippen LogP contribution in [0.25, 0.3) is 0 Å². The lowest BCUT2D eigenvalue weighted by Crippen LogP contribution is -2.11. The predicted octanol–water partition coefficient (Wildman–Crippen LogP) is 7.00. The van der Waals surface area contributed by atoms with E-state index >= 15 is 0 Å². The first-order valence-corrected chi connectivity index (χ1v) is 11.8. The van der Waals surface area contributed by atoms with Crippen molar-refractivity contribution in [1.29, 1.82) is 0 Å². The molecular formula is C25H44N2O. The Morgan fingerprint density at radius 2 is 1.21 bits per heavy atom. The van der Waals surface area contributed by atoms with Crippen LogP contribution in [0.3, 0.4) is 0 Å². The topological polar surface area (TPSA) is 55.1 Å². The molecule has 3 nitrogen and oxygen atoms in total. The Labute approximate surface area is 173 Å². The molecule has 0 saturated heterocycles. The minimum Gasteiger partial charge on any atom is -0.385 e. The minimum atomic E-state index is -0.236. The maximum Gasteiger partial charge on any atom is 0.217 e. The molecule has 1 amide bonds. The third kappa shape index (κ3) is 14.5. The highest BCUT2D eigenvalue weighted by molar-refractivity contribution is 5.74. The molecule has 0 saturated carbocycles. The van der Waals surface area contributed by atoms with Gasteiger partial charge < -0.3 is 11.1 Å². The second-order valence-electron chi connectivity index (χ2n) is 8.19. The van der Waals surface area contributed by atoms with Crippen molar-refractivity contribution >= 4 is 11.6 Å². The van der Waals surface area contributed by atoms with E-state index in [1.165, 1.54) is 95.5 Å². The van der Waals surface area contributed by atoms with Gasteiger partial charge in [-0.15, -0.1) is 0 Å². The molecule has 28 heavy (non-hydrogen) atoms. The second kappa shape index (κ2) is 17.6. The normalized spacial score (nSPS) is 10.9. The van der Waals surface area contributed by atoms with E-state index in [1.54, 1.807) is 0 Å². The Bertz CT molecular complexity index is 484. The Balaban J connectivity index is 1.85. The largest absolute Gasteiger partial charge is 0.385 e. The van der Waals surface area contributed by atoms with Crippen molar-refractivity contribution in [2.24, 2.45) is 5.73 Å². The molecule has 0 atom stereocenters. The van der Waals surface area contributed by atoms with Crippen molar-refractivity contribution in [3.63, 3.8) is 0 Å². The average Bonchev–Trinajstić information content (AvgIpc) is 2.70. The number of aryl methyl sites for hydroxylation is 1. The van der Waals surface area contributed by atoms with E-state index < -0.39 is 0 Å². The fraction of sp³-hybridized carbons (Fsp3) is 0.720. The van der Waals surface area contributed by atoms with Gasteiger partial charge in [0.1, 0.15) is 0 Å². The predicted molar refractivity (Wildman–Crippen MR) is 123 cm³/mol. The Morgan fingerprint density at radius 3 is 1.68 bits per heavy atom. The molecule has 0 heterocycles. The number of unbranched alkanes of at least 4 members (excludes halogenated alkanes) is 13. The van der Waals surface area contributed by atoms with Crippen LogP contribution in [0, 0.1) is 0 Å². The van der Waals surface area contributed by atoms with Crippen molar-refractivity contribution < 1.29 is 4.79 Å². The Morgan fingerprint density at radius 1 is 0.750 bits per heavy atom. The van der Waals surface area contributed by atoms with E-state index in [0.29, 0.717) is 6.42 Å². The summed E-state index contributed by atoms with van der Waals surface area (Å²) in [5, 5.41) is 3.49. The van der Waals surface area contributed by atoms with Crippen LogP contribution in [0.1, 0.15) is 109 Å². The van der Waals surface area contributed by atoms with Gasteiger partial charge in [-0.2, -0.15) is 0 Å². The molecule has 1 aromatic carbocycles. The lowest BCUT2D eigenvalue weighted by molar-refractivity contribution is -0.117. The second-order valence-corrected chi connectivity index (χ2v) is 8.19. The molecule has 0 radical (unpaired) electrons. The highest BCUT2D eigenvalue weighted by atomic mass is 16.1. The van der Waals surface area contributed by atoms with E-state index in [2.05, 4.69) is 36.5 Å². The average molecular weight is 389 g/mol. The molecule has 0 aliphatic carbocycles. The van der Waals surface area contributed by atoms with Gasteiger partial charge in [0, 0.05) is 18.7 Å². The van der Waals surface area contributed by atoms with E-state index in [1.807, 2.05) is 0 Å². The van der Waals surface area contributed by atoms with Gasteiger partial charge in [-0.25, -0.2) is 0 Å². The number of benzene rings is 1. The number of nitrogens with one attached hydrogen (secondary N) is 1. The molecule has 0 aromatic heterocycles. The summed E-state index contributed by atoms with van der Waals surface area (Å²) in [6.45, 7) is 3.32. The number of rotatable bonds is 19. The molecule has 0 aliphatic heterocycles. The molecule has 0 bridgehead atoms. The van der Waals surface area contributed by atoms with Crippen molar-refractivity contribution in [2.45, 2.75) is 110 Å². The maximum atomic E-state index is 10.8. The summed E-state index contributed by atoms with van der Waals surface area (Å²) in [7, 11) is 0. The van der Waals surface area contributed by atoms with E-state index in [-0.39, 0.29) is 5.91 Å². The zero-order chi connectivity index (χ0) is 20.3. The smallest absolute Gasteiger partial charge is 0.217 e. The third-order valence-corrected chi connectivity index (χ3v) is 5.47. The van der Waals surface area contributed by atoms with E-state index in [9.17, 15) is 4.79 Å². The standard InChI is InChI=1S/C25H44N2O/c1-2-3-4-5-6-7-8-9-10-11-12-13-14-15-22-27-24-19-16-23(17-20-24)18-21-25(26)28/h16-17,19-20,27H,2-15,18,21-22H2,1H3,(H2,26,28). The number of hydrogen-bond acceptors (Lipinski definition) is 2. The Kier molecular flexibility index (Phi) is 15.4. The van der Waals surface area contributed by atoms with Crippen molar-refractivity contribution in [3.8, 4) is 0 Å². The van der Waals surface area contributed by atoms with Crippen molar-refractivity contribution in [3.05, 3.63) is 29.8 Å². The monoisotopic (exact) mass is 388 g/mol. The number of carbonyl (C=O) groups excluding carboxylic acids is 1. The molecule has 0 unspecified atom stereocenters. The molecule has 3 heteroatoms. The van der Waals surface area contributed by atoms with Crippen LogP contribution >= 0.6 is 0 Å². The lowest BCUT2D eigenvalue weighted by Gasteiger charge is -2.07. The van der Waals surface area contributed by atoms with Crippen molar-refractivity contribution in [2.75, 3.05) is 11.9 Å². The lowest BCUT2D eigenvalue weighted by atomic mass is 10.0. The van der Waals surface area contributed by atoms with Crippen molar-refractivity contribution in [1.82, 2.24) is 0 Å². The van der Waals surface area contributed by atoms with Gasteiger partial charge in [-0.05, 0) is 30.5 Å². The van der Waals surface area contributed by atoms with Gasteiger partial charge >= 0.3 is 0 Å². The van der Waals surface area contributed by atoms with Crippen LogP contribution in [-0.4, -0.2) is 12.5 Å². The fourth-order valence-corrected chi connectivity index (χ4v) is 3.61. The highest BCUT2D eigenvalue weighted by Crippen LogP contribution is 2.14. The molecular weight excluding hydrogens is 344 g/mol.